The van der Waals surface area contributed by atoms with E-state index in [4.69, 9.17) is 4.74 Å². The van der Waals surface area contributed by atoms with Crippen molar-refractivity contribution in [2.24, 2.45) is 0 Å². The molecule has 6 heteroatoms. The molecule has 5 nitrogen and oxygen atoms in total. The minimum atomic E-state index is 0.0101. The number of para-hydroxylation sites is 1. The molecule has 1 aromatic rings. The summed E-state index contributed by atoms with van der Waals surface area (Å²) in [6, 6.07) is 8.02. The molecule has 2 heterocycles. The van der Waals surface area contributed by atoms with Gasteiger partial charge in [0.05, 0.1) is 11.8 Å². The summed E-state index contributed by atoms with van der Waals surface area (Å²) in [6.07, 6.45) is 2.75. The van der Waals surface area contributed by atoms with Crippen molar-refractivity contribution in [3.8, 4) is 0 Å². The van der Waals surface area contributed by atoms with Crippen molar-refractivity contribution in [1.29, 1.82) is 0 Å². The summed E-state index contributed by atoms with van der Waals surface area (Å²) in [7, 11) is 0. The van der Waals surface area contributed by atoms with Crippen LogP contribution < -0.4 is 5.32 Å². The molecule has 0 saturated carbocycles. The van der Waals surface area contributed by atoms with Gasteiger partial charge in [-0.3, -0.25) is 4.90 Å². The summed E-state index contributed by atoms with van der Waals surface area (Å²) >= 11 is 1.75. The number of hydrogen-bond acceptors (Lipinski definition) is 4. The summed E-state index contributed by atoms with van der Waals surface area (Å²) in [4.78, 5) is 18.0. The number of urea groups is 1. The van der Waals surface area contributed by atoms with Crippen LogP contribution in [0.4, 0.5) is 10.5 Å². The van der Waals surface area contributed by atoms with Crippen molar-refractivity contribution in [3.05, 3.63) is 24.3 Å². The van der Waals surface area contributed by atoms with E-state index in [1.54, 1.807) is 11.8 Å². The number of rotatable bonds is 5. The van der Waals surface area contributed by atoms with Gasteiger partial charge in [0.1, 0.15) is 0 Å². The first-order valence-electron chi connectivity index (χ1n) is 8.88. The Labute approximate surface area is 148 Å². The van der Waals surface area contributed by atoms with Crippen LogP contribution in [0, 0.1) is 0 Å². The smallest absolute Gasteiger partial charge is 0.321 e. The molecule has 1 atom stereocenters. The first kappa shape index (κ1) is 17.6. The van der Waals surface area contributed by atoms with E-state index >= 15 is 0 Å². The van der Waals surface area contributed by atoms with Crippen LogP contribution >= 0.6 is 11.8 Å². The minimum absolute atomic E-state index is 0.0101. The highest BCUT2D eigenvalue weighted by Crippen LogP contribution is 2.27. The lowest BCUT2D eigenvalue weighted by Crippen LogP contribution is -2.51. The zero-order valence-corrected chi connectivity index (χ0v) is 15.2. The molecule has 0 spiro atoms. The average molecular weight is 350 g/mol. The fourth-order valence-corrected chi connectivity index (χ4v) is 4.02. The second kappa shape index (κ2) is 8.74. The first-order valence-corrected chi connectivity index (χ1v) is 9.86. The van der Waals surface area contributed by atoms with Crippen molar-refractivity contribution in [2.45, 2.75) is 30.8 Å². The quantitative estimate of drug-likeness (QED) is 0.830. The molecule has 0 aliphatic carbocycles. The maximum atomic E-state index is 12.5. The van der Waals surface area contributed by atoms with Gasteiger partial charge in [0, 0.05) is 44.2 Å². The highest BCUT2D eigenvalue weighted by Gasteiger charge is 2.25. The van der Waals surface area contributed by atoms with Crippen LogP contribution in [-0.2, 0) is 4.74 Å². The van der Waals surface area contributed by atoms with Crippen LogP contribution in [0.1, 0.15) is 19.8 Å². The van der Waals surface area contributed by atoms with Crippen molar-refractivity contribution in [3.63, 3.8) is 0 Å². The number of thioether (sulfide) groups is 1. The lowest BCUT2D eigenvalue weighted by atomic mass is 10.2. The number of carbonyl (C=O) groups excluding carboxylic acids is 1. The van der Waals surface area contributed by atoms with Gasteiger partial charge in [-0.25, -0.2) is 4.79 Å². The van der Waals surface area contributed by atoms with E-state index in [2.05, 4.69) is 23.2 Å². The van der Waals surface area contributed by atoms with E-state index in [1.165, 1.54) is 12.8 Å². The fourth-order valence-electron chi connectivity index (χ4n) is 3.26. The number of amides is 2. The molecule has 24 heavy (non-hydrogen) atoms. The van der Waals surface area contributed by atoms with E-state index in [-0.39, 0.29) is 6.03 Å². The summed E-state index contributed by atoms with van der Waals surface area (Å²) in [5, 5.41) is 3.08. The molecule has 132 valence electrons. The lowest BCUT2D eigenvalue weighted by molar-refractivity contribution is 0.0572. The third-order valence-electron chi connectivity index (χ3n) is 4.57. The summed E-state index contributed by atoms with van der Waals surface area (Å²) in [5.41, 5.74) is 0.913. The first-order chi connectivity index (χ1) is 11.8. The molecule has 2 aliphatic rings. The van der Waals surface area contributed by atoms with Gasteiger partial charge in [-0.2, -0.15) is 0 Å². The Kier molecular flexibility index (Phi) is 6.40. The monoisotopic (exact) mass is 349 g/mol. The maximum Gasteiger partial charge on any atom is 0.321 e. The maximum absolute atomic E-state index is 12.5. The fraction of sp³-hybridized carbons (Fsp3) is 0.611. The van der Waals surface area contributed by atoms with Gasteiger partial charge < -0.3 is 15.0 Å². The van der Waals surface area contributed by atoms with Crippen LogP contribution in [0.3, 0.4) is 0 Å². The van der Waals surface area contributed by atoms with Gasteiger partial charge in [0.15, 0.2) is 0 Å². The molecular weight excluding hydrogens is 322 g/mol. The number of benzene rings is 1. The van der Waals surface area contributed by atoms with E-state index < -0.39 is 0 Å². The van der Waals surface area contributed by atoms with Crippen molar-refractivity contribution in [1.82, 2.24) is 9.80 Å². The van der Waals surface area contributed by atoms with Gasteiger partial charge in [-0.1, -0.05) is 19.1 Å². The second-order valence-electron chi connectivity index (χ2n) is 6.28. The van der Waals surface area contributed by atoms with E-state index in [0.29, 0.717) is 6.10 Å². The number of nitrogens with zero attached hydrogens (tertiary/aromatic N) is 2. The van der Waals surface area contributed by atoms with E-state index in [1.807, 2.05) is 23.1 Å². The number of hydrogen-bond donors (Lipinski definition) is 1. The molecule has 0 bridgehead atoms. The van der Waals surface area contributed by atoms with Gasteiger partial charge >= 0.3 is 6.03 Å². The Morgan fingerprint density at radius 3 is 2.79 bits per heavy atom. The molecule has 0 aromatic heterocycles. The van der Waals surface area contributed by atoms with Crippen LogP contribution in [-0.4, -0.2) is 67.0 Å². The normalized spacial score (nSPS) is 21.9. The minimum Gasteiger partial charge on any atom is -0.377 e. The van der Waals surface area contributed by atoms with Gasteiger partial charge in [0.25, 0.3) is 0 Å². The zero-order valence-electron chi connectivity index (χ0n) is 14.4. The average Bonchev–Trinajstić information content (AvgIpc) is 3.10. The van der Waals surface area contributed by atoms with Crippen molar-refractivity contribution < 1.29 is 9.53 Å². The van der Waals surface area contributed by atoms with Crippen LogP contribution in [0.15, 0.2) is 29.2 Å². The molecule has 3 rings (SSSR count). The topological polar surface area (TPSA) is 44.8 Å². The molecule has 0 radical (unpaired) electrons. The number of carbonyl (C=O) groups is 1. The summed E-state index contributed by atoms with van der Waals surface area (Å²) in [6.45, 7) is 7.45. The van der Waals surface area contributed by atoms with Gasteiger partial charge in [-0.05, 0) is 30.7 Å². The lowest BCUT2D eigenvalue weighted by Gasteiger charge is -2.35. The Balaban J connectivity index is 1.48. The van der Waals surface area contributed by atoms with Crippen molar-refractivity contribution in [2.75, 3.05) is 50.4 Å². The molecule has 2 fully saturated rings. The van der Waals surface area contributed by atoms with E-state index in [9.17, 15) is 4.79 Å². The summed E-state index contributed by atoms with van der Waals surface area (Å²) in [5.74, 6) is 0.995. The summed E-state index contributed by atoms with van der Waals surface area (Å²) < 4.78 is 5.71. The molecule has 0 unspecified atom stereocenters. The number of ether oxygens (including phenoxy) is 1. The van der Waals surface area contributed by atoms with Gasteiger partial charge in [0.2, 0.25) is 0 Å². The number of piperazine rings is 1. The van der Waals surface area contributed by atoms with Crippen LogP contribution in [0.5, 0.6) is 0 Å². The SMILES string of the molecule is CCSc1ccccc1NC(=O)N1CCN(C[C@@H]2CCCO2)CC1. The predicted molar refractivity (Wildman–Crippen MR) is 98.8 cm³/mol. The highest BCUT2D eigenvalue weighted by molar-refractivity contribution is 7.99. The van der Waals surface area contributed by atoms with E-state index in [0.717, 1.165) is 55.7 Å². The molecule has 2 saturated heterocycles. The Morgan fingerprint density at radius 1 is 1.29 bits per heavy atom. The van der Waals surface area contributed by atoms with Gasteiger partial charge in [-0.15, -0.1) is 11.8 Å². The third kappa shape index (κ3) is 4.65. The molecular formula is C18H27N3O2S. The second-order valence-corrected chi connectivity index (χ2v) is 7.59. The Hall–Kier alpha value is -1.24. The number of anilines is 1. The predicted octanol–water partition coefficient (Wildman–Crippen LogP) is 3.13. The molecule has 2 amide bonds. The zero-order chi connectivity index (χ0) is 16.8. The number of nitrogens with one attached hydrogen (secondary N) is 1. The third-order valence-corrected chi connectivity index (χ3v) is 5.53. The van der Waals surface area contributed by atoms with Crippen molar-refractivity contribution >= 4 is 23.5 Å². The molecule has 2 aliphatic heterocycles. The van der Waals surface area contributed by atoms with Crippen LogP contribution in [0.25, 0.3) is 0 Å². The Morgan fingerprint density at radius 2 is 2.08 bits per heavy atom. The Bertz CT molecular complexity index is 541. The van der Waals surface area contributed by atoms with Crippen LogP contribution in [0.2, 0.25) is 0 Å². The molecule has 1 N–H and O–H groups in total. The molecule has 1 aromatic carbocycles. The standard InChI is InChI=1S/C18H27N3O2S/c1-2-24-17-8-4-3-7-16(17)19-18(22)21-11-9-20(10-12-21)14-15-6-5-13-23-15/h3-4,7-8,15H,2,5-6,9-14H2,1H3,(H,19,22)/t15-/m0/s1. The largest absolute Gasteiger partial charge is 0.377 e. The highest BCUT2D eigenvalue weighted by atomic mass is 32.2.